The summed E-state index contributed by atoms with van der Waals surface area (Å²) >= 11 is 0. The van der Waals surface area contributed by atoms with Gasteiger partial charge in [0, 0.05) is 6.04 Å². The van der Waals surface area contributed by atoms with E-state index in [1.165, 1.54) is 43.2 Å². The third kappa shape index (κ3) is 2.23. The van der Waals surface area contributed by atoms with E-state index in [4.69, 9.17) is 0 Å². The first kappa shape index (κ1) is 11.2. The van der Waals surface area contributed by atoms with Gasteiger partial charge in [-0.3, -0.25) is 0 Å². The van der Waals surface area contributed by atoms with E-state index in [-0.39, 0.29) is 5.82 Å². The molecule has 1 aromatic rings. The van der Waals surface area contributed by atoms with Crippen LogP contribution in [0.25, 0.3) is 0 Å². The maximum atomic E-state index is 13.4. The topological polar surface area (TPSA) is 12.0 Å². The first-order valence-electron chi connectivity index (χ1n) is 6.86. The van der Waals surface area contributed by atoms with E-state index in [9.17, 15) is 4.39 Å². The molecule has 1 nitrogen and oxygen atoms in total. The second-order valence-corrected chi connectivity index (χ2v) is 5.42. The number of hydrogen-bond donors (Lipinski definition) is 1. The molecule has 1 fully saturated rings. The van der Waals surface area contributed by atoms with Gasteiger partial charge in [-0.1, -0.05) is 25.3 Å². The van der Waals surface area contributed by atoms with Gasteiger partial charge in [0.2, 0.25) is 0 Å². The highest BCUT2D eigenvalue weighted by atomic mass is 19.1. The maximum Gasteiger partial charge on any atom is 0.123 e. The second-order valence-electron chi connectivity index (χ2n) is 5.42. The van der Waals surface area contributed by atoms with Crippen LogP contribution in [0.5, 0.6) is 0 Å². The van der Waals surface area contributed by atoms with Crippen molar-refractivity contribution in [1.29, 1.82) is 0 Å². The summed E-state index contributed by atoms with van der Waals surface area (Å²) < 4.78 is 13.4. The highest BCUT2D eigenvalue weighted by molar-refractivity contribution is 5.33. The number of benzene rings is 1. The molecular formula is C15H20FN. The molecule has 3 rings (SSSR count). The van der Waals surface area contributed by atoms with Gasteiger partial charge in [0.15, 0.2) is 0 Å². The Hall–Kier alpha value is -0.890. The van der Waals surface area contributed by atoms with Crippen molar-refractivity contribution in [2.75, 3.05) is 6.54 Å². The van der Waals surface area contributed by atoms with Crippen LogP contribution >= 0.6 is 0 Å². The minimum atomic E-state index is -0.0896. The molecule has 1 atom stereocenters. The van der Waals surface area contributed by atoms with Gasteiger partial charge in [-0.25, -0.2) is 4.39 Å². The second kappa shape index (κ2) is 4.77. The monoisotopic (exact) mass is 233 g/mol. The Labute approximate surface area is 102 Å². The molecule has 1 aliphatic heterocycles. The lowest BCUT2D eigenvalue weighted by molar-refractivity contribution is 0.264. The standard InChI is InChI=1S/C15H20FN/c16-13-7-6-11-8-9-17-15(14(11)10-13)12-4-2-1-3-5-12/h6-7,10,12,15,17H,1-5,8-9H2. The van der Waals surface area contributed by atoms with E-state index >= 15 is 0 Å². The summed E-state index contributed by atoms with van der Waals surface area (Å²) in [6.07, 6.45) is 7.69. The van der Waals surface area contributed by atoms with Gasteiger partial charge in [-0.15, -0.1) is 0 Å². The van der Waals surface area contributed by atoms with Crippen LogP contribution in [-0.4, -0.2) is 6.54 Å². The fraction of sp³-hybridized carbons (Fsp3) is 0.600. The average molecular weight is 233 g/mol. The molecule has 0 radical (unpaired) electrons. The Bertz CT molecular complexity index is 396. The summed E-state index contributed by atoms with van der Waals surface area (Å²) in [6, 6.07) is 5.72. The molecule has 1 N–H and O–H groups in total. The fourth-order valence-corrected chi connectivity index (χ4v) is 3.44. The summed E-state index contributed by atoms with van der Waals surface area (Å²) in [4.78, 5) is 0. The SMILES string of the molecule is Fc1ccc2c(c1)C(C1CCCCC1)NCC2. The van der Waals surface area contributed by atoms with Crippen LogP contribution < -0.4 is 5.32 Å². The van der Waals surface area contributed by atoms with E-state index in [2.05, 4.69) is 5.32 Å². The Morgan fingerprint density at radius 1 is 1.12 bits per heavy atom. The van der Waals surface area contributed by atoms with E-state index in [0.29, 0.717) is 12.0 Å². The van der Waals surface area contributed by atoms with E-state index in [1.807, 2.05) is 6.07 Å². The summed E-state index contributed by atoms with van der Waals surface area (Å²) in [7, 11) is 0. The highest BCUT2D eigenvalue weighted by Gasteiger charge is 2.28. The quantitative estimate of drug-likeness (QED) is 0.781. The number of fused-ring (bicyclic) bond motifs is 1. The predicted molar refractivity (Wildman–Crippen MR) is 67.4 cm³/mol. The maximum absolute atomic E-state index is 13.4. The molecule has 1 unspecified atom stereocenters. The number of halogens is 1. The molecule has 0 spiro atoms. The zero-order valence-electron chi connectivity index (χ0n) is 10.2. The molecular weight excluding hydrogens is 213 g/mol. The highest BCUT2D eigenvalue weighted by Crippen LogP contribution is 2.37. The minimum Gasteiger partial charge on any atom is -0.309 e. The number of hydrogen-bond acceptors (Lipinski definition) is 1. The van der Waals surface area contributed by atoms with Crippen molar-refractivity contribution in [2.24, 2.45) is 5.92 Å². The first-order valence-corrected chi connectivity index (χ1v) is 6.86. The van der Waals surface area contributed by atoms with Crippen molar-refractivity contribution in [3.8, 4) is 0 Å². The molecule has 1 saturated carbocycles. The van der Waals surface area contributed by atoms with Crippen LogP contribution in [-0.2, 0) is 6.42 Å². The predicted octanol–water partition coefficient (Wildman–Crippen LogP) is 3.59. The van der Waals surface area contributed by atoms with Crippen LogP contribution in [0.1, 0.15) is 49.3 Å². The number of nitrogens with one attached hydrogen (secondary N) is 1. The summed E-state index contributed by atoms with van der Waals surface area (Å²) in [5, 5.41) is 3.61. The molecule has 17 heavy (non-hydrogen) atoms. The van der Waals surface area contributed by atoms with Gasteiger partial charge in [0.25, 0.3) is 0 Å². The lowest BCUT2D eigenvalue weighted by Gasteiger charge is -2.35. The Balaban J connectivity index is 1.89. The van der Waals surface area contributed by atoms with Crippen LogP contribution in [0.15, 0.2) is 18.2 Å². The van der Waals surface area contributed by atoms with Gasteiger partial charge in [-0.05, 0) is 55.0 Å². The molecule has 1 heterocycles. The van der Waals surface area contributed by atoms with Crippen molar-refractivity contribution in [1.82, 2.24) is 5.32 Å². The van der Waals surface area contributed by atoms with Crippen LogP contribution in [0.4, 0.5) is 4.39 Å². The van der Waals surface area contributed by atoms with Crippen LogP contribution in [0, 0.1) is 11.7 Å². The Morgan fingerprint density at radius 2 is 1.94 bits per heavy atom. The molecule has 92 valence electrons. The van der Waals surface area contributed by atoms with Crippen molar-refractivity contribution in [3.63, 3.8) is 0 Å². The molecule has 0 saturated heterocycles. The molecule has 1 aromatic carbocycles. The van der Waals surface area contributed by atoms with Gasteiger partial charge in [-0.2, -0.15) is 0 Å². The van der Waals surface area contributed by atoms with Gasteiger partial charge in [0.1, 0.15) is 5.82 Å². The van der Waals surface area contributed by atoms with Crippen molar-refractivity contribution < 1.29 is 4.39 Å². The molecule has 0 aromatic heterocycles. The Morgan fingerprint density at radius 3 is 2.76 bits per heavy atom. The van der Waals surface area contributed by atoms with E-state index < -0.39 is 0 Å². The van der Waals surface area contributed by atoms with Gasteiger partial charge < -0.3 is 5.32 Å². The minimum absolute atomic E-state index is 0.0896. The lowest BCUT2D eigenvalue weighted by atomic mass is 9.78. The van der Waals surface area contributed by atoms with Gasteiger partial charge in [0.05, 0.1) is 0 Å². The summed E-state index contributed by atoms with van der Waals surface area (Å²) in [6.45, 7) is 1.04. The summed E-state index contributed by atoms with van der Waals surface area (Å²) in [5.74, 6) is 0.623. The van der Waals surface area contributed by atoms with Crippen molar-refractivity contribution >= 4 is 0 Å². The molecule has 0 bridgehead atoms. The molecule has 2 heteroatoms. The third-order valence-electron chi connectivity index (χ3n) is 4.32. The van der Waals surface area contributed by atoms with Crippen molar-refractivity contribution in [2.45, 2.75) is 44.6 Å². The fourth-order valence-electron chi connectivity index (χ4n) is 3.44. The zero-order chi connectivity index (χ0) is 11.7. The van der Waals surface area contributed by atoms with Crippen LogP contribution in [0.3, 0.4) is 0 Å². The third-order valence-corrected chi connectivity index (χ3v) is 4.32. The number of rotatable bonds is 1. The van der Waals surface area contributed by atoms with E-state index in [0.717, 1.165) is 13.0 Å². The average Bonchev–Trinajstić information content (AvgIpc) is 2.39. The largest absolute Gasteiger partial charge is 0.309 e. The Kier molecular flexibility index (Phi) is 3.15. The first-order chi connectivity index (χ1) is 8.34. The lowest BCUT2D eigenvalue weighted by Crippen LogP contribution is -2.35. The van der Waals surface area contributed by atoms with Crippen LogP contribution in [0.2, 0.25) is 0 Å². The smallest absolute Gasteiger partial charge is 0.123 e. The summed E-state index contributed by atoms with van der Waals surface area (Å²) in [5.41, 5.74) is 2.57. The van der Waals surface area contributed by atoms with E-state index in [1.54, 1.807) is 12.1 Å². The molecule has 1 aliphatic carbocycles. The van der Waals surface area contributed by atoms with Crippen molar-refractivity contribution in [3.05, 3.63) is 35.1 Å². The zero-order valence-corrected chi connectivity index (χ0v) is 10.2. The molecule has 0 amide bonds. The van der Waals surface area contributed by atoms with Gasteiger partial charge >= 0.3 is 0 Å². The normalized spacial score (nSPS) is 25.6. The molecule has 2 aliphatic rings.